The van der Waals surface area contributed by atoms with Gasteiger partial charge in [-0.25, -0.2) is 0 Å². The summed E-state index contributed by atoms with van der Waals surface area (Å²) in [4.78, 5) is 0. The molecule has 1 heteroatoms. The Labute approximate surface area is 66.6 Å². The van der Waals surface area contributed by atoms with Gasteiger partial charge in [0.05, 0.1) is 9.35 Å². The lowest BCUT2D eigenvalue weighted by atomic mass is 10.1. The van der Waals surface area contributed by atoms with Crippen LogP contribution >= 0.6 is 0 Å². The minimum Gasteiger partial charge on any atom is -0.392 e. The van der Waals surface area contributed by atoms with Crippen molar-refractivity contribution in [2.24, 2.45) is 0 Å². The smallest absolute Gasteiger partial charge is 0.0612 e. The predicted octanol–water partition coefficient (Wildman–Crippen LogP) is 2.51. The van der Waals surface area contributed by atoms with Crippen molar-refractivity contribution in [3.63, 3.8) is 0 Å². The van der Waals surface area contributed by atoms with E-state index in [4.69, 9.17) is 7.85 Å². The zero-order valence-corrected chi connectivity index (χ0v) is 6.69. The van der Waals surface area contributed by atoms with Crippen LogP contribution in [0.3, 0.4) is 0 Å². The van der Waals surface area contributed by atoms with E-state index < -0.39 is 0 Å². The molecule has 0 aliphatic rings. The molecule has 10 heavy (non-hydrogen) atoms. The first-order chi connectivity index (χ1) is 5.72. The molecule has 0 rings (SSSR count). The summed E-state index contributed by atoms with van der Waals surface area (Å²) >= 11 is 0. The van der Waals surface area contributed by atoms with Crippen molar-refractivity contribution in [2.75, 3.05) is 6.61 Å². The van der Waals surface area contributed by atoms with Gasteiger partial charge in [-0.1, -0.05) is 38.3 Å². The van der Waals surface area contributed by atoms with E-state index in [1.165, 1.54) is 12.8 Å². The standard InChI is InChI=1S/C9H18O/c1-2-3-4-5-6-7-8-9-10/h7-8,10H,2-6,9H2,1H3/b8-7-/i7D,8D. The molecule has 0 aromatic carbocycles. The Bertz CT molecular complexity index is 143. The second-order valence-corrected chi connectivity index (χ2v) is 2.32. The summed E-state index contributed by atoms with van der Waals surface area (Å²) in [7, 11) is 0. The minimum atomic E-state index is -0.299. The van der Waals surface area contributed by atoms with Crippen LogP contribution < -0.4 is 0 Å². The highest BCUT2D eigenvalue weighted by Gasteiger charge is 1.82. The van der Waals surface area contributed by atoms with Gasteiger partial charge in [0.15, 0.2) is 0 Å². The van der Waals surface area contributed by atoms with Crippen LogP contribution in [0.1, 0.15) is 41.8 Å². The molecular formula is C9H18O. The molecule has 0 bridgehead atoms. The van der Waals surface area contributed by atoms with Crippen molar-refractivity contribution in [1.29, 1.82) is 0 Å². The lowest BCUT2D eigenvalue weighted by Gasteiger charge is -1.92. The average molecular weight is 144 g/mol. The highest BCUT2D eigenvalue weighted by molar-refractivity contribution is 4.80. The molecule has 0 aromatic rings. The van der Waals surface area contributed by atoms with Gasteiger partial charge in [0.1, 0.15) is 0 Å². The molecular weight excluding hydrogens is 124 g/mol. The van der Waals surface area contributed by atoms with Crippen LogP contribution in [0.5, 0.6) is 0 Å². The number of unbranched alkanes of at least 4 members (excludes halogenated alkanes) is 3. The molecule has 1 nitrogen and oxygen atoms in total. The van der Waals surface area contributed by atoms with Gasteiger partial charge in [-0.3, -0.25) is 0 Å². The highest BCUT2D eigenvalue weighted by atomic mass is 16.2. The van der Waals surface area contributed by atoms with E-state index in [0.29, 0.717) is 6.42 Å². The van der Waals surface area contributed by atoms with Gasteiger partial charge in [-0.05, 0) is 12.8 Å². The second kappa shape index (κ2) is 8.70. The number of aliphatic hydroxyl groups is 1. The summed E-state index contributed by atoms with van der Waals surface area (Å²) in [5.41, 5.74) is 0. The fraction of sp³-hybridized carbons (Fsp3) is 0.778. The monoisotopic (exact) mass is 144 g/mol. The van der Waals surface area contributed by atoms with Crippen molar-refractivity contribution >= 4 is 0 Å². The number of aliphatic hydroxyl groups excluding tert-OH is 1. The molecule has 0 saturated heterocycles. The first kappa shape index (κ1) is 6.41. The molecule has 60 valence electrons. The van der Waals surface area contributed by atoms with E-state index in [-0.39, 0.29) is 18.7 Å². The highest BCUT2D eigenvalue weighted by Crippen LogP contribution is 2.02. The van der Waals surface area contributed by atoms with E-state index in [1.807, 2.05) is 0 Å². The van der Waals surface area contributed by atoms with Crippen molar-refractivity contribution in [2.45, 2.75) is 39.0 Å². The average Bonchev–Trinajstić information content (AvgIpc) is 2.10. The van der Waals surface area contributed by atoms with Gasteiger partial charge in [-0.15, -0.1) is 0 Å². The topological polar surface area (TPSA) is 20.2 Å². The Balaban J connectivity index is 3.49. The van der Waals surface area contributed by atoms with Crippen LogP contribution in [-0.2, 0) is 0 Å². The third kappa shape index (κ3) is 7.70. The molecule has 0 radical (unpaired) electrons. The van der Waals surface area contributed by atoms with Crippen LogP contribution in [-0.4, -0.2) is 11.7 Å². The maximum Gasteiger partial charge on any atom is 0.0612 e. The van der Waals surface area contributed by atoms with Crippen LogP contribution in [0, 0.1) is 0 Å². The van der Waals surface area contributed by atoms with Crippen molar-refractivity contribution in [1.82, 2.24) is 0 Å². The molecule has 0 atom stereocenters. The SMILES string of the molecule is [2H]/C(CO)=C(\[2H])CCCCCC. The van der Waals surface area contributed by atoms with Gasteiger partial charge in [0.25, 0.3) is 0 Å². The fourth-order valence-electron chi connectivity index (χ4n) is 0.784. The molecule has 0 saturated carbocycles. The minimum absolute atomic E-state index is 0.0616. The Morgan fingerprint density at radius 3 is 2.70 bits per heavy atom. The molecule has 0 spiro atoms. The van der Waals surface area contributed by atoms with E-state index in [9.17, 15) is 0 Å². The Hall–Kier alpha value is -0.300. The lowest BCUT2D eigenvalue weighted by molar-refractivity contribution is 0.342. The summed E-state index contributed by atoms with van der Waals surface area (Å²) in [5.74, 6) is 0. The van der Waals surface area contributed by atoms with E-state index in [1.54, 1.807) is 0 Å². The lowest BCUT2D eigenvalue weighted by Crippen LogP contribution is -1.75. The van der Waals surface area contributed by atoms with Gasteiger partial charge in [0.2, 0.25) is 0 Å². The van der Waals surface area contributed by atoms with E-state index in [0.717, 1.165) is 12.8 Å². The summed E-state index contributed by atoms with van der Waals surface area (Å²) < 4.78 is 14.5. The zero-order valence-electron chi connectivity index (χ0n) is 8.69. The van der Waals surface area contributed by atoms with Crippen molar-refractivity contribution in [3.8, 4) is 0 Å². The van der Waals surface area contributed by atoms with Gasteiger partial charge in [0, 0.05) is 0 Å². The maximum atomic E-state index is 8.54. The first-order valence-electron chi connectivity index (χ1n) is 4.98. The predicted molar refractivity (Wildman–Crippen MR) is 45.0 cm³/mol. The number of allylic oxidation sites excluding steroid dienone is 1. The molecule has 0 aliphatic carbocycles. The molecule has 0 heterocycles. The quantitative estimate of drug-likeness (QED) is 0.448. The van der Waals surface area contributed by atoms with Gasteiger partial charge in [-0.2, -0.15) is 0 Å². The van der Waals surface area contributed by atoms with E-state index >= 15 is 0 Å². The fourth-order valence-corrected chi connectivity index (χ4v) is 0.784. The Morgan fingerprint density at radius 1 is 1.30 bits per heavy atom. The normalized spacial score (nSPS) is 15.8. The summed E-state index contributed by atoms with van der Waals surface area (Å²) in [6, 6.07) is 0.347. The van der Waals surface area contributed by atoms with Crippen LogP contribution in [0.15, 0.2) is 12.1 Å². The third-order valence-electron chi connectivity index (χ3n) is 1.36. The second-order valence-electron chi connectivity index (χ2n) is 2.32. The summed E-state index contributed by atoms with van der Waals surface area (Å²) in [6.07, 6.45) is 5.11. The number of hydrogen-bond acceptors (Lipinski definition) is 1. The van der Waals surface area contributed by atoms with E-state index in [2.05, 4.69) is 6.92 Å². The molecule has 1 N–H and O–H groups in total. The molecule has 0 fully saturated rings. The summed E-state index contributed by atoms with van der Waals surface area (Å²) in [5, 5.41) is 8.54. The maximum absolute atomic E-state index is 8.54. The number of rotatable bonds is 6. The molecule has 0 amide bonds. The first-order valence-corrected chi connectivity index (χ1v) is 3.98. The largest absolute Gasteiger partial charge is 0.392 e. The molecule has 0 aromatic heterocycles. The van der Waals surface area contributed by atoms with Gasteiger partial charge < -0.3 is 5.11 Å². The van der Waals surface area contributed by atoms with Gasteiger partial charge >= 0.3 is 0 Å². The third-order valence-corrected chi connectivity index (χ3v) is 1.36. The van der Waals surface area contributed by atoms with Crippen LogP contribution in [0.4, 0.5) is 0 Å². The van der Waals surface area contributed by atoms with Crippen molar-refractivity contribution in [3.05, 3.63) is 12.1 Å². The summed E-state index contributed by atoms with van der Waals surface area (Å²) in [6.45, 7) is 1.84. The van der Waals surface area contributed by atoms with Crippen molar-refractivity contribution < 1.29 is 7.85 Å². The molecule has 0 unspecified atom stereocenters. The van der Waals surface area contributed by atoms with Crippen LogP contribution in [0.2, 0.25) is 0 Å². The molecule has 0 aliphatic heterocycles. The zero-order chi connectivity index (χ0) is 9.40. The Morgan fingerprint density at radius 2 is 2.10 bits per heavy atom. The van der Waals surface area contributed by atoms with Crippen LogP contribution in [0.25, 0.3) is 0 Å². The number of hydrogen-bond donors (Lipinski definition) is 1. The Kier molecular flexibility index (Phi) is 5.58.